The molecular weight excluding hydrogens is 136 g/mol. The van der Waals surface area contributed by atoms with Gasteiger partial charge < -0.3 is 5.11 Å². The van der Waals surface area contributed by atoms with E-state index < -0.39 is 0 Å². The van der Waals surface area contributed by atoms with E-state index in [1.165, 1.54) is 5.57 Å². The first kappa shape index (κ1) is 8.79. The van der Waals surface area contributed by atoms with Crippen molar-refractivity contribution >= 4 is 0 Å². The Morgan fingerprint density at radius 3 is 2.55 bits per heavy atom. The van der Waals surface area contributed by atoms with E-state index in [2.05, 4.69) is 20.4 Å². The van der Waals surface area contributed by atoms with Crippen LogP contribution in [0.15, 0.2) is 12.2 Å². The highest BCUT2D eigenvalue weighted by molar-refractivity contribution is 4.99. The molecule has 64 valence electrons. The van der Waals surface area contributed by atoms with Crippen LogP contribution < -0.4 is 0 Å². The molecule has 1 fully saturated rings. The number of allylic oxidation sites excluding steroid dienone is 1. The molecule has 0 spiro atoms. The third kappa shape index (κ3) is 2.06. The van der Waals surface area contributed by atoms with Crippen LogP contribution in [-0.2, 0) is 0 Å². The second kappa shape index (κ2) is 3.40. The van der Waals surface area contributed by atoms with Gasteiger partial charge in [-0.15, -0.1) is 0 Å². The van der Waals surface area contributed by atoms with Crippen LogP contribution in [-0.4, -0.2) is 11.2 Å². The first-order valence-corrected chi connectivity index (χ1v) is 4.44. The van der Waals surface area contributed by atoms with Gasteiger partial charge in [0.25, 0.3) is 0 Å². The minimum atomic E-state index is -0.0643. The third-order valence-corrected chi connectivity index (χ3v) is 2.82. The predicted molar refractivity (Wildman–Crippen MR) is 47.3 cm³/mol. The van der Waals surface area contributed by atoms with Gasteiger partial charge >= 0.3 is 0 Å². The van der Waals surface area contributed by atoms with E-state index in [1.807, 2.05) is 0 Å². The summed E-state index contributed by atoms with van der Waals surface area (Å²) < 4.78 is 0. The number of rotatable bonds is 1. The zero-order valence-corrected chi connectivity index (χ0v) is 7.51. The van der Waals surface area contributed by atoms with Crippen LogP contribution in [0.25, 0.3) is 0 Å². The molecular formula is C10H18O. The third-order valence-electron chi connectivity index (χ3n) is 2.82. The second-order valence-corrected chi connectivity index (χ2v) is 3.90. The van der Waals surface area contributed by atoms with Gasteiger partial charge in [0.05, 0.1) is 6.10 Å². The number of hydrogen-bond acceptors (Lipinski definition) is 1. The van der Waals surface area contributed by atoms with Crippen LogP contribution in [0.2, 0.25) is 0 Å². The van der Waals surface area contributed by atoms with Crippen LogP contribution in [0.5, 0.6) is 0 Å². The highest BCUT2D eigenvalue weighted by Crippen LogP contribution is 2.32. The molecule has 0 radical (unpaired) electrons. The summed E-state index contributed by atoms with van der Waals surface area (Å²) in [7, 11) is 0. The summed E-state index contributed by atoms with van der Waals surface area (Å²) >= 11 is 0. The first-order chi connectivity index (χ1) is 5.11. The molecule has 0 aromatic heterocycles. The smallest absolute Gasteiger partial charge is 0.0566 e. The van der Waals surface area contributed by atoms with Gasteiger partial charge in [0.15, 0.2) is 0 Å². The minimum absolute atomic E-state index is 0.0643. The topological polar surface area (TPSA) is 20.2 Å². The zero-order chi connectivity index (χ0) is 8.43. The molecule has 0 saturated heterocycles. The van der Waals surface area contributed by atoms with E-state index >= 15 is 0 Å². The van der Waals surface area contributed by atoms with Gasteiger partial charge in [-0.1, -0.05) is 19.1 Å². The summed E-state index contributed by atoms with van der Waals surface area (Å²) in [6, 6.07) is 0. The molecule has 0 bridgehead atoms. The highest BCUT2D eigenvalue weighted by Gasteiger charge is 2.25. The minimum Gasteiger partial charge on any atom is -0.393 e. The van der Waals surface area contributed by atoms with Crippen molar-refractivity contribution in [3.63, 3.8) is 0 Å². The van der Waals surface area contributed by atoms with Crippen molar-refractivity contribution in [3.8, 4) is 0 Å². The average molecular weight is 154 g/mol. The van der Waals surface area contributed by atoms with Crippen molar-refractivity contribution in [2.75, 3.05) is 0 Å². The Morgan fingerprint density at radius 2 is 2.09 bits per heavy atom. The number of aliphatic hydroxyl groups is 1. The van der Waals surface area contributed by atoms with Crippen LogP contribution >= 0.6 is 0 Å². The first-order valence-electron chi connectivity index (χ1n) is 4.44. The fourth-order valence-electron chi connectivity index (χ4n) is 1.83. The van der Waals surface area contributed by atoms with Crippen molar-refractivity contribution in [2.45, 2.75) is 39.2 Å². The van der Waals surface area contributed by atoms with E-state index in [9.17, 15) is 5.11 Å². The quantitative estimate of drug-likeness (QED) is 0.575. The van der Waals surface area contributed by atoms with Gasteiger partial charge in [-0.25, -0.2) is 0 Å². The normalized spacial score (nSPS) is 38.6. The van der Waals surface area contributed by atoms with E-state index in [1.54, 1.807) is 0 Å². The Labute approximate surface area is 69.1 Å². The summed E-state index contributed by atoms with van der Waals surface area (Å²) in [6.45, 7) is 8.17. The van der Waals surface area contributed by atoms with Crippen LogP contribution in [0.4, 0.5) is 0 Å². The van der Waals surface area contributed by atoms with Gasteiger partial charge in [0, 0.05) is 0 Å². The second-order valence-electron chi connectivity index (χ2n) is 3.90. The lowest BCUT2D eigenvalue weighted by Crippen LogP contribution is -2.27. The summed E-state index contributed by atoms with van der Waals surface area (Å²) in [5.74, 6) is 1.12. The fraction of sp³-hybridized carbons (Fsp3) is 0.800. The largest absolute Gasteiger partial charge is 0.393 e. The van der Waals surface area contributed by atoms with Crippen molar-refractivity contribution in [2.24, 2.45) is 11.8 Å². The van der Waals surface area contributed by atoms with Gasteiger partial charge in [-0.05, 0) is 38.0 Å². The standard InChI is InChI=1S/C10H18O/c1-7(2)9-4-5-10(11)8(3)6-9/h8-11H,1,4-6H2,2-3H3. The van der Waals surface area contributed by atoms with E-state index in [-0.39, 0.29) is 6.10 Å². The van der Waals surface area contributed by atoms with Crippen LogP contribution in [0, 0.1) is 11.8 Å². The lowest BCUT2D eigenvalue weighted by Gasteiger charge is -2.31. The fourth-order valence-corrected chi connectivity index (χ4v) is 1.83. The molecule has 1 heteroatoms. The molecule has 3 atom stereocenters. The molecule has 1 aliphatic carbocycles. The molecule has 1 rings (SSSR count). The van der Waals surface area contributed by atoms with Gasteiger partial charge in [0.1, 0.15) is 0 Å². The summed E-state index contributed by atoms with van der Waals surface area (Å²) in [5.41, 5.74) is 1.28. The molecule has 0 amide bonds. The van der Waals surface area contributed by atoms with E-state index in [4.69, 9.17) is 0 Å². The van der Waals surface area contributed by atoms with Crippen LogP contribution in [0.1, 0.15) is 33.1 Å². The monoisotopic (exact) mass is 154 g/mol. The Hall–Kier alpha value is -0.300. The SMILES string of the molecule is C=C(C)C1CCC(O)C(C)C1. The van der Waals surface area contributed by atoms with Crippen LogP contribution in [0.3, 0.4) is 0 Å². The van der Waals surface area contributed by atoms with Gasteiger partial charge in [0.2, 0.25) is 0 Å². The Morgan fingerprint density at radius 1 is 1.45 bits per heavy atom. The molecule has 1 aliphatic rings. The lowest BCUT2D eigenvalue weighted by molar-refractivity contribution is 0.0643. The molecule has 0 aromatic carbocycles. The maximum atomic E-state index is 9.45. The van der Waals surface area contributed by atoms with Crippen molar-refractivity contribution < 1.29 is 5.11 Å². The zero-order valence-electron chi connectivity index (χ0n) is 7.51. The lowest BCUT2D eigenvalue weighted by atomic mass is 9.78. The van der Waals surface area contributed by atoms with E-state index in [0.29, 0.717) is 11.8 Å². The predicted octanol–water partition coefficient (Wildman–Crippen LogP) is 2.36. The van der Waals surface area contributed by atoms with Crippen molar-refractivity contribution in [1.29, 1.82) is 0 Å². The summed E-state index contributed by atoms with van der Waals surface area (Å²) in [4.78, 5) is 0. The van der Waals surface area contributed by atoms with Crippen molar-refractivity contribution in [1.82, 2.24) is 0 Å². The number of hydrogen-bond donors (Lipinski definition) is 1. The van der Waals surface area contributed by atoms with Crippen molar-refractivity contribution in [3.05, 3.63) is 12.2 Å². The molecule has 0 aromatic rings. The molecule has 11 heavy (non-hydrogen) atoms. The van der Waals surface area contributed by atoms with E-state index in [0.717, 1.165) is 19.3 Å². The molecule has 1 N–H and O–H groups in total. The maximum absolute atomic E-state index is 9.45. The summed E-state index contributed by atoms with van der Waals surface area (Å²) in [6.07, 6.45) is 3.14. The molecule has 0 heterocycles. The highest BCUT2D eigenvalue weighted by atomic mass is 16.3. The summed E-state index contributed by atoms with van der Waals surface area (Å²) in [5, 5.41) is 9.45. The molecule has 3 unspecified atom stereocenters. The molecule has 1 saturated carbocycles. The Balaban J connectivity index is 2.46. The molecule has 1 nitrogen and oxygen atoms in total. The Kier molecular flexibility index (Phi) is 2.72. The Bertz CT molecular complexity index is 151. The van der Waals surface area contributed by atoms with Gasteiger partial charge in [-0.2, -0.15) is 0 Å². The average Bonchev–Trinajstić information content (AvgIpc) is 1.94. The number of aliphatic hydroxyl groups excluding tert-OH is 1. The molecule has 0 aliphatic heterocycles. The van der Waals surface area contributed by atoms with Gasteiger partial charge in [-0.3, -0.25) is 0 Å². The maximum Gasteiger partial charge on any atom is 0.0566 e.